The number of carbonyl (C=O) groups is 1. The van der Waals surface area contributed by atoms with Gasteiger partial charge in [-0.25, -0.2) is 0 Å². The van der Waals surface area contributed by atoms with Crippen molar-refractivity contribution in [3.8, 4) is 11.3 Å². The maximum atomic E-state index is 12.5. The Labute approximate surface area is 162 Å². The van der Waals surface area contributed by atoms with Gasteiger partial charge < -0.3 is 10.2 Å². The predicted octanol–water partition coefficient (Wildman–Crippen LogP) is 3.52. The summed E-state index contributed by atoms with van der Waals surface area (Å²) < 4.78 is 0. The molecule has 27 heavy (non-hydrogen) atoms. The van der Waals surface area contributed by atoms with Gasteiger partial charge in [0.05, 0.1) is 5.69 Å². The summed E-state index contributed by atoms with van der Waals surface area (Å²) >= 11 is 5.89. The van der Waals surface area contributed by atoms with E-state index in [1.165, 1.54) is 0 Å². The summed E-state index contributed by atoms with van der Waals surface area (Å²) in [7, 11) is 0. The number of halogens is 1. The van der Waals surface area contributed by atoms with E-state index >= 15 is 0 Å². The monoisotopic (exact) mass is 381 g/mol. The topological polar surface area (TPSA) is 73.9 Å². The van der Waals surface area contributed by atoms with Gasteiger partial charge >= 0.3 is 0 Å². The van der Waals surface area contributed by atoms with E-state index in [-0.39, 0.29) is 11.9 Å². The van der Waals surface area contributed by atoms with Gasteiger partial charge in [-0.15, -0.1) is 0 Å². The van der Waals surface area contributed by atoms with E-state index in [0.29, 0.717) is 10.6 Å². The number of nitrogens with one attached hydrogen (secondary N) is 2. The first-order valence-electron chi connectivity index (χ1n) is 8.96. The Morgan fingerprint density at radius 1 is 1.19 bits per heavy atom. The molecule has 1 unspecified atom stereocenters. The van der Waals surface area contributed by atoms with Crippen molar-refractivity contribution in [1.82, 2.24) is 20.5 Å². The lowest BCUT2D eigenvalue weighted by Crippen LogP contribution is -2.48. The fraction of sp³-hybridized carbons (Fsp3) is 0.250. The van der Waals surface area contributed by atoms with E-state index in [1.807, 2.05) is 18.2 Å². The minimum absolute atomic E-state index is 0.0713. The Morgan fingerprint density at radius 2 is 1.96 bits per heavy atom. The molecule has 0 bridgehead atoms. The van der Waals surface area contributed by atoms with Crippen LogP contribution in [0.15, 0.2) is 54.9 Å². The number of pyridine rings is 1. The van der Waals surface area contributed by atoms with Crippen molar-refractivity contribution in [2.45, 2.75) is 18.9 Å². The summed E-state index contributed by atoms with van der Waals surface area (Å²) in [5.41, 5.74) is 2.63. The first-order valence-corrected chi connectivity index (χ1v) is 9.34. The molecule has 0 radical (unpaired) electrons. The maximum Gasteiger partial charge on any atom is 0.251 e. The summed E-state index contributed by atoms with van der Waals surface area (Å²) in [5, 5.41) is 11.3. The van der Waals surface area contributed by atoms with Crippen molar-refractivity contribution in [2.24, 2.45) is 0 Å². The standard InChI is InChI=1S/C20H20ClN5O/c21-16-5-3-15(4-6-16)20(27)23-17-2-1-11-26(13-17)19-12-18(24-25-19)14-7-9-22-10-8-14/h3-10,12,17H,1-2,11,13H2,(H,23,27)(H,24,25). The van der Waals surface area contributed by atoms with Crippen molar-refractivity contribution in [1.29, 1.82) is 0 Å². The summed E-state index contributed by atoms with van der Waals surface area (Å²) in [6.45, 7) is 1.66. The van der Waals surface area contributed by atoms with Gasteiger partial charge in [0.2, 0.25) is 0 Å². The molecule has 0 spiro atoms. The first-order chi connectivity index (χ1) is 13.2. The summed E-state index contributed by atoms with van der Waals surface area (Å²) in [6.07, 6.45) is 5.48. The van der Waals surface area contributed by atoms with Gasteiger partial charge in [-0.2, -0.15) is 5.10 Å². The Balaban J connectivity index is 1.42. The number of anilines is 1. The quantitative estimate of drug-likeness (QED) is 0.725. The third-order valence-corrected chi connectivity index (χ3v) is 4.99. The number of aromatic amines is 1. The maximum absolute atomic E-state index is 12.5. The third kappa shape index (κ3) is 4.11. The Morgan fingerprint density at radius 3 is 2.74 bits per heavy atom. The zero-order valence-corrected chi connectivity index (χ0v) is 15.5. The second kappa shape index (κ2) is 7.80. The highest BCUT2D eigenvalue weighted by molar-refractivity contribution is 6.30. The Bertz CT molecular complexity index is 910. The minimum atomic E-state index is -0.0713. The first kappa shape index (κ1) is 17.5. The van der Waals surface area contributed by atoms with Crippen molar-refractivity contribution in [2.75, 3.05) is 18.0 Å². The molecule has 2 aromatic heterocycles. The highest BCUT2D eigenvalue weighted by Crippen LogP contribution is 2.24. The molecule has 138 valence electrons. The van der Waals surface area contributed by atoms with Gasteiger partial charge in [0.25, 0.3) is 5.91 Å². The zero-order chi connectivity index (χ0) is 18.6. The molecule has 0 aliphatic carbocycles. The van der Waals surface area contributed by atoms with Crippen molar-refractivity contribution >= 4 is 23.3 Å². The predicted molar refractivity (Wildman–Crippen MR) is 106 cm³/mol. The number of H-pyrrole nitrogens is 1. The highest BCUT2D eigenvalue weighted by atomic mass is 35.5. The molecule has 1 aliphatic heterocycles. The number of amides is 1. The molecule has 1 fully saturated rings. The number of rotatable bonds is 4. The van der Waals surface area contributed by atoms with E-state index in [4.69, 9.17) is 11.6 Å². The number of nitrogens with zero attached hydrogens (tertiary/aromatic N) is 3. The molecule has 0 saturated carbocycles. The smallest absolute Gasteiger partial charge is 0.251 e. The van der Waals surface area contributed by atoms with Gasteiger partial charge in [0, 0.05) is 53.7 Å². The molecular formula is C20H20ClN5O. The van der Waals surface area contributed by atoms with Crippen LogP contribution in [-0.4, -0.2) is 40.2 Å². The van der Waals surface area contributed by atoms with E-state index in [9.17, 15) is 4.79 Å². The molecule has 3 heterocycles. The van der Waals surface area contributed by atoms with E-state index in [1.54, 1.807) is 36.7 Å². The molecule has 7 heteroatoms. The van der Waals surface area contributed by atoms with Crippen LogP contribution in [0.5, 0.6) is 0 Å². The van der Waals surface area contributed by atoms with Crippen LogP contribution in [0.2, 0.25) is 5.02 Å². The van der Waals surface area contributed by atoms with Crippen molar-refractivity contribution in [3.63, 3.8) is 0 Å². The number of piperidine rings is 1. The van der Waals surface area contributed by atoms with E-state index < -0.39 is 0 Å². The van der Waals surface area contributed by atoms with Crippen LogP contribution in [0, 0.1) is 0 Å². The third-order valence-electron chi connectivity index (χ3n) is 4.74. The van der Waals surface area contributed by atoms with Crippen LogP contribution in [0.4, 0.5) is 5.82 Å². The zero-order valence-electron chi connectivity index (χ0n) is 14.7. The fourth-order valence-electron chi connectivity index (χ4n) is 3.33. The number of hydrogen-bond acceptors (Lipinski definition) is 4. The number of benzene rings is 1. The lowest BCUT2D eigenvalue weighted by atomic mass is 10.0. The van der Waals surface area contributed by atoms with Crippen LogP contribution in [0.1, 0.15) is 23.2 Å². The lowest BCUT2D eigenvalue weighted by molar-refractivity contribution is 0.0933. The Kier molecular flexibility index (Phi) is 5.07. The molecule has 1 atom stereocenters. The molecule has 3 aromatic rings. The van der Waals surface area contributed by atoms with E-state index in [2.05, 4.69) is 25.4 Å². The van der Waals surface area contributed by atoms with Gasteiger partial charge in [-0.05, 0) is 49.2 Å². The lowest BCUT2D eigenvalue weighted by Gasteiger charge is -2.33. The fourth-order valence-corrected chi connectivity index (χ4v) is 3.45. The largest absolute Gasteiger partial charge is 0.353 e. The van der Waals surface area contributed by atoms with Gasteiger partial charge in [0.1, 0.15) is 0 Å². The molecule has 1 saturated heterocycles. The Hall–Kier alpha value is -2.86. The molecule has 1 aromatic carbocycles. The SMILES string of the molecule is O=C(NC1CCCN(c2cc(-c3ccncc3)[nH]n2)C1)c1ccc(Cl)cc1. The molecular weight excluding hydrogens is 362 g/mol. The van der Waals surface area contributed by atoms with Crippen LogP contribution < -0.4 is 10.2 Å². The summed E-state index contributed by atoms with van der Waals surface area (Å²) in [5.74, 6) is 0.824. The second-order valence-corrected chi connectivity index (χ2v) is 7.08. The summed E-state index contributed by atoms with van der Waals surface area (Å²) in [4.78, 5) is 18.7. The highest BCUT2D eigenvalue weighted by Gasteiger charge is 2.23. The van der Waals surface area contributed by atoms with Gasteiger partial charge in [0.15, 0.2) is 5.82 Å². The average Bonchev–Trinajstić information content (AvgIpc) is 3.20. The molecule has 4 rings (SSSR count). The number of hydrogen-bond donors (Lipinski definition) is 2. The van der Waals surface area contributed by atoms with Crippen molar-refractivity contribution in [3.05, 3.63) is 65.4 Å². The molecule has 1 aliphatic rings. The van der Waals surface area contributed by atoms with E-state index in [0.717, 1.165) is 43.0 Å². The average molecular weight is 382 g/mol. The van der Waals surface area contributed by atoms with Gasteiger partial charge in [-0.1, -0.05) is 11.6 Å². The molecule has 2 N–H and O–H groups in total. The number of aromatic nitrogens is 3. The van der Waals surface area contributed by atoms with Crippen LogP contribution >= 0.6 is 11.6 Å². The van der Waals surface area contributed by atoms with Crippen LogP contribution in [0.3, 0.4) is 0 Å². The van der Waals surface area contributed by atoms with Crippen molar-refractivity contribution < 1.29 is 4.79 Å². The number of carbonyl (C=O) groups excluding carboxylic acids is 1. The van der Waals surface area contributed by atoms with Gasteiger partial charge in [-0.3, -0.25) is 14.9 Å². The minimum Gasteiger partial charge on any atom is -0.353 e. The van der Waals surface area contributed by atoms with Crippen LogP contribution in [-0.2, 0) is 0 Å². The summed E-state index contributed by atoms with van der Waals surface area (Å²) in [6, 6.07) is 13.0. The molecule has 1 amide bonds. The second-order valence-electron chi connectivity index (χ2n) is 6.64. The molecule has 6 nitrogen and oxygen atoms in total. The van der Waals surface area contributed by atoms with Crippen LogP contribution in [0.25, 0.3) is 11.3 Å². The normalized spacial score (nSPS) is 16.9.